The molecule has 7 nitrogen and oxygen atoms in total. The van der Waals surface area contributed by atoms with Crippen LogP contribution in [-0.4, -0.2) is 54.3 Å². The molecule has 30 heavy (non-hydrogen) atoms. The third-order valence-electron chi connectivity index (χ3n) is 5.78. The predicted molar refractivity (Wildman–Crippen MR) is 117 cm³/mol. The summed E-state index contributed by atoms with van der Waals surface area (Å²) in [5, 5.41) is 8.02. The Kier molecular flexibility index (Phi) is 5.63. The molecule has 3 heterocycles. The van der Waals surface area contributed by atoms with E-state index in [1.165, 1.54) is 11.3 Å². The molecular formula is C23H27N5O2. The highest BCUT2D eigenvalue weighted by molar-refractivity contribution is 5.64. The van der Waals surface area contributed by atoms with E-state index in [0.717, 1.165) is 63.7 Å². The van der Waals surface area contributed by atoms with Crippen LogP contribution in [0.1, 0.15) is 24.3 Å². The Morgan fingerprint density at radius 3 is 2.43 bits per heavy atom. The van der Waals surface area contributed by atoms with Gasteiger partial charge in [0, 0.05) is 37.7 Å². The Bertz CT molecular complexity index is 926. The molecule has 5 rings (SSSR count). The number of rotatable bonds is 5. The van der Waals surface area contributed by atoms with E-state index in [4.69, 9.17) is 9.47 Å². The summed E-state index contributed by atoms with van der Waals surface area (Å²) in [5.74, 6) is 1.12. The smallest absolute Gasteiger partial charge is 0.246 e. The van der Waals surface area contributed by atoms with Gasteiger partial charge in [0.25, 0.3) is 0 Å². The molecule has 156 valence electrons. The Morgan fingerprint density at radius 1 is 0.867 bits per heavy atom. The van der Waals surface area contributed by atoms with Gasteiger partial charge in [0.2, 0.25) is 5.95 Å². The molecule has 0 atom stereocenters. The number of nitrogens with one attached hydrogen (secondary N) is 1. The van der Waals surface area contributed by atoms with Gasteiger partial charge in [-0.05, 0) is 54.7 Å². The fraction of sp³-hybridized carbons (Fsp3) is 0.391. The van der Waals surface area contributed by atoms with Gasteiger partial charge >= 0.3 is 0 Å². The van der Waals surface area contributed by atoms with E-state index in [0.29, 0.717) is 11.9 Å². The van der Waals surface area contributed by atoms with Crippen molar-refractivity contribution in [2.24, 2.45) is 0 Å². The zero-order valence-electron chi connectivity index (χ0n) is 17.0. The summed E-state index contributed by atoms with van der Waals surface area (Å²) in [6.45, 7) is 5.03. The van der Waals surface area contributed by atoms with E-state index < -0.39 is 0 Å². The van der Waals surface area contributed by atoms with Crippen LogP contribution in [0, 0.1) is 0 Å². The molecule has 1 aromatic heterocycles. The summed E-state index contributed by atoms with van der Waals surface area (Å²) in [6.07, 6.45) is 3.86. The second-order valence-electron chi connectivity index (χ2n) is 7.77. The summed E-state index contributed by atoms with van der Waals surface area (Å²) in [6, 6.07) is 16.8. The van der Waals surface area contributed by atoms with Gasteiger partial charge in [-0.15, -0.1) is 5.10 Å². The molecule has 7 heteroatoms. The fourth-order valence-corrected chi connectivity index (χ4v) is 4.13. The van der Waals surface area contributed by atoms with E-state index >= 15 is 0 Å². The lowest BCUT2D eigenvalue weighted by Gasteiger charge is -2.31. The maximum atomic E-state index is 5.57. The number of morpholine rings is 1. The molecule has 0 saturated carbocycles. The number of nitrogens with zero attached hydrogens (tertiary/aromatic N) is 4. The van der Waals surface area contributed by atoms with E-state index in [2.05, 4.69) is 38.5 Å². The molecule has 2 aliphatic heterocycles. The third-order valence-corrected chi connectivity index (χ3v) is 5.78. The second-order valence-corrected chi connectivity index (χ2v) is 7.77. The van der Waals surface area contributed by atoms with Crippen LogP contribution in [0.4, 0.5) is 17.3 Å². The number of anilines is 3. The molecule has 0 aliphatic carbocycles. The van der Waals surface area contributed by atoms with Crippen molar-refractivity contribution >= 4 is 17.3 Å². The van der Waals surface area contributed by atoms with Crippen LogP contribution in [-0.2, 0) is 9.47 Å². The standard InChI is InChI=1S/C23H27N5O2/c1-2-4-21(5-3-1)28-17-24-23(26-28)25-20-14-19(18-6-10-29-11-7-18)15-22(16-20)27-8-12-30-13-9-27/h1-5,14-18H,6-13H2,(H,25,26). The lowest BCUT2D eigenvalue weighted by Crippen LogP contribution is -2.36. The topological polar surface area (TPSA) is 64.4 Å². The van der Waals surface area contributed by atoms with Crippen LogP contribution >= 0.6 is 0 Å². The summed E-state index contributed by atoms with van der Waals surface area (Å²) in [4.78, 5) is 6.86. The number of para-hydroxylation sites is 1. The van der Waals surface area contributed by atoms with Crippen LogP contribution in [0.5, 0.6) is 0 Å². The van der Waals surface area contributed by atoms with Crippen LogP contribution < -0.4 is 10.2 Å². The molecular weight excluding hydrogens is 378 g/mol. The normalized spacial score (nSPS) is 17.8. The van der Waals surface area contributed by atoms with Crippen LogP contribution in [0.15, 0.2) is 54.9 Å². The molecule has 0 bridgehead atoms. The number of hydrogen-bond donors (Lipinski definition) is 1. The number of aromatic nitrogens is 3. The number of benzene rings is 2. The third kappa shape index (κ3) is 4.32. The monoisotopic (exact) mass is 405 g/mol. The van der Waals surface area contributed by atoms with Crippen molar-refractivity contribution in [1.29, 1.82) is 0 Å². The van der Waals surface area contributed by atoms with Gasteiger partial charge in [-0.3, -0.25) is 0 Å². The van der Waals surface area contributed by atoms with Gasteiger partial charge in [-0.25, -0.2) is 4.68 Å². The minimum Gasteiger partial charge on any atom is -0.381 e. The molecule has 2 fully saturated rings. The van der Waals surface area contributed by atoms with E-state index in [-0.39, 0.29) is 0 Å². The highest BCUT2D eigenvalue weighted by Gasteiger charge is 2.20. The first-order valence-electron chi connectivity index (χ1n) is 10.6. The lowest BCUT2D eigenvalue weighted by molar-refractivity contribution is 0.0853. The summed E-state index contributed by atoms with van der Waals surface area (Å²) < 4.78 is 12.9. The van der Waals surface area contributed by atoms with Crippen molar-refractivity contribution < 1.29 is 9.47 Å². The van der Waals surface area contributed by atoms with E-state index in [9.17, 15) is 0 Å². The average molecular weight is 406 g/mol. The van der Waals surface area contributed by atoms with Gasteiger partial charge in [0.1, 0.15) is 6.33 Å². The second kappa shape index (κ2) is 8.85. The van der Waals surface area contributed by atoms with Gasteiger partial charge in [-0.2, -0.15) is 4.98 Å². The summed E-state index contributed by atoms with van der Waals surface area (Å²) in [7, 11) is 0. The number of ether oxygens (including phenoxy) is 2. The highest BCUT2D eigenvalue weighted by atomic mass is 16.5. The quantitative estimate of drug-likeness (QED) is 0.698. The van der Waals surface area contributed by atoms with Crippen LogP contribution in [0.2, 0.25) is 0 Å². The molecule has 2 saturated heterocycles. The molecule has 0 radical (unpaired) electrons. The van der Waals surface area contributed by atoms with Crippen molar-refractivity contribution in [3.05, 3.63) is 60.4 Å². The molecule has 2 aromatic carbocycles. The first kappa shape index (κ1) is 19.1. The number of hydrogen-bond acceptors (Lipinski definition) is 6. The maximum Gasteiger partial charge on any atom is 0.246 e. The first-order valence-corrected chi connectivity index (χ1v) is 10.6. The summed E-state index contributed by atoms with van der Waals surface area (Å²) >= 11 is 0. The molecule has 0 spiro atoms. The van der Waals surface area contributed by atoms with Crippen LogP contribution in [0.3, 0.4) is 0 Å². The predicted octanol–water partition coefficient (Wildman–Crippen LogP) is 3.74. The summed E-state index contributed by atoms with van der Waals surface area (Å²) in [5.41, 5.74) is 4.59. The Labute approximate surface area is 176 Å². The zero-order valence-corrected chi connectivity index (χ0v) is 17.0. The fourth-order valence-electron chi connectivity index (χ4n) is 4.13. The van der Waals surface area contributed by atoms with E-state index in [1.54, 1.807) is 11.0 Å². The minimum absolute atomic E-state index is 0.523. The van der Waals surface area contributed by atoms with Gasteiger partial charge < -0.3 is 19.7 Å². The van der Waals surface area contributed by atoms with Gasteiger partial charge in [0.05, 0.1) is 18.9 Å². The Morgan fingerprint density at radius 2 is 1.63 bits per heavy atom. The van der Waals surface area contributed by atoms with Crippen molar-refractivity contribution in [2.45, 2.75) is 18.8 Å². The largest absolute Gasteiger partial charge is 0.381 e. The Balaban J connectivity index is 1.42. The molecule has 2 aliphatic rings. The van der Waals surface area contributed by atoms with Crippen molar-refractivity contribution in [2.75, 3.05) is 49.7 Å². The molecule has 0 unspecified atom stereocenters. The molecule has 3 aromatic rings. The van der Waals surface area contributed by atoms with Crippen molar-refractivity contribution in [1.82, 2.24) is 14.8 Å². The molecule has 0 amide bonds. The van der Waals surface area contributed by atoms with Crippen LogP contribution in [0.25, 0.3) is 5.69 Å². The maximum absolute atomic E-state index is 5.57. The average Bonchev–Trinajstić information content (AvgIpc) is 3.29. The highest BCUT2D eigenvalue weighted by Crippen LogP contribution is 2.33. The van der Waals surface area contributed by atoms with Crippen molar-refractivity contribution in [3.8, 4) is 5.69 Å². The molecule has 1 N–H and O–H groups in total. The lowest BCUT2D eigenvalue weighted by atomic mass is 9.91. The van der Waals surface area contributed by atoms with Gasteiger partial charge in [0.15, 0.2) is 0 Å². The van der Waals surface area contributed by atoms with Gasteiger partial charge in [-0.1, -0.05) is 18.2 Å². The first-order chi connectivity index (χ1) is 14.8. The van der Waals surface area contributed by atoms with E-state index in [1.807, 2.05) is 30.3 Å². The SMILES string of the molecule is c1ccc(-n2cnc(Nc3cc(C4CCOCC4)cc(N4CCOCC4)c3)n2)cc1. The zero-order chi connectivity index (χ0) is 20.2. The Hall–Kier alpha value is -2.90. The minimum atomic E-state index is 0.523. The van der Waals surface area contributed by atoms with Crippen molar-refractivity contribution in [3.63, 3.8) is 0 Å².